The van der Waals surface area contributed by atoms with Crippen molar-refractivity contribution in [2.45, 2.75) is 32.7 Å². The second-order valence-corrected chi connectivity index (χ2v) is 5.58. The van der Waals surface area contributed by atoms with Crippen LogP contribution in [0.25, 0.3) is 0 Å². The number of nitrogens with one attached hydrogen (secondary N) is 2. The van der Waals surface area contributed by atoms with Gasteiger partial charge < -0.3 is 19.9 Å². The molecule has 0 spiro atoms. The largest absolute Gasteiger partial charge is 0.497 e. The van der Waals surface area contributed by atoms with Crippen LogP contribution < -0.4 is 15.4 Å². The molecule has 0 radical (unpaired) electrons. The Kier molecular flexibility index (Phi) is 9.98. The molecular formula is C18H27IN4O2. The molecule has 0 aliphatic heterocycles. The van der Waals surface area contributed by atoms with Gasteiger partial charge in [-0.05, 0) is 37.0 Å². The number of methoxy groups -OCH3 is 1. The minimum absolute atomic E-state index is 0. The van der Waals surface area contributed by atoms with Crippen LogP contribution in [0.1, 0.15) is 37.4 Å². The fourth-order valence-electron chi connectivity index (χ4n) is 2.33. The van der Waals surface area contributed by atoms with Gasteiger partial charge in [0.1, 0.15) is 17.7 Å². The first kappa shape index (κ1) is 21.3. The van der Waals surface area contributed by atoms with Crippen LogP contribution in [0, 0.1) is 0 Å². The topological polar surface area (TPSA) is 71.7 Å². The molecule has 0 aliphatic carbocycles. The zero-order chi connectivity index (χ0) is 17.2. The summed E-state index contributed by atoms with van der Waals surface area (Å²) in [6.07, 6.45) is 2.57. The first-order valence-corrected chi connectivity index (χ1v) is 8.28. The second-order valence-electron chi connectivity index (χ2n) is 5.58. The summed E-state index contributed by atoms with van der Waals surface area (Å²) in [6, 6.07) is 10.1. The second kappa shape index (κ2) is 11.7. The van der Waals surface area contributed by atoms with Gasteiger partial charge in [-0.1, -0.05) is 24.2 Å². The van der Waals surface area contributed by atoms with Crippen molar-refractivity contribution in [1.82, 2.24) is 15.8 Å². The highest BCUT2D eigenvalue weighted by atomic mass is 127. The van der Waals surface area contributed by atoms with Gasteiger partial charge in [0, 0.05) is 19.2 Å². The van der Waals surface area contributed by atoms with Crippen molar-refractivity contribution in [3.63, 3.8) is 0 Å². The van der Waals surface area contributed by atoms with Gasteiger partial charge in [0.25, 0.3) is 0 Å². The molecule has 0 aliphatic rings. The SMILES string of the molecule is CCNC(=NCc1ccon1)NCCC(C)c1ccc(OC)cc1.I. The normalized spacial score (nSPS) is 12.2. The van der Waals surface area contributed by atoms with Crippen molar-refractivity contribution < 1.29 is 9.26 Å². The molecule has 2 aromatic rings. The minimum Gasteiger partial charge on any atom is -0.497 e. The predicted octanol–water partition coefficient (Wildman–Crippen LogP) is 3.55. The van der Waals surface area contributed by atoms with E-state index in [0.29, 0.717) is 12.5 Å². The van der Waals surface area contributed by atoms with E-state index in [1.54, 1.807) is 13.4 Å². The van der Waals surface area contributed by atoms with E-state index in [1.165, 1.54) is 5.56 Å². The smallest absolute Gasteiger partial charge is 0.191 e. The molecule has 0 fully saturated rings. The number of guanidine groups is 1. The summed E-state index contributed by atoms with van der Waals surface area (Å²) in [6.45, 7) is 6.44. The summed E-state index contributed by atoms with van der Waals surface area (Å²) in [4.78, 5) is 4.50. The van der Waals surface area contributed by atoms with Crippen LogP contribution in [0.3, 0.4) is 0 Å². The summed E-state index contributed by atoms with van der Waals surface area (Å²) in [7, 11) is 1.68. The number of ether oxygens (including phenoxy) is 1. The summed E-state index contributed by atoms with van der Waals surface area (Å²) in [5.41, 5.74) is 2.13. The fraction of sp³-hybridized carbons (Fsp3) is 0.444. The zero-order valence-corrected chi connectivity index (χ0v) is 17.3. The van der Waals surface area contributed by atoms with E-state index in [4.69, 9.17) is 9.26 Å². The lowest BCUT2D eigenvalue weighted by atomic mass is 9.98. The highest BCUT2D eigenvalue weighted by Gasteiger charge is 2.06. The Labute approximate surface area is 166 Å². The van der Waals surface area contributed by atoms with Gasteiger partial charge in [0.2, 0.25) is 0 Å². The Bertz CT molecular complexity index is 615. The van der Waals surface area contributed by atoms with E-state index >= 15 is 0 Å². The van der Waals surface area contributed by atoms with Gasteiger partial charge in [-0.2, -0.15) is 0 Å². The van der Waals surface area contributed by atoms with Crippen LogP contribution in [0.4, 0.5) is 0 Å². The highest BCUT2D eigenvalue weighted by Crippen LogP contribution is 2.21. The third kappa shape index (κ3) is 7.33. The molecule has 0 bridgehead atoms. The standard InChI is InChI=1S/C18H26N4O2.HI/c1-4-19-18(21-13-16-10-12-24-22-16)20-11-9-14(2)15-5-7-17(23-3)8-6-15;/h5-8,10,12,14H,4,9,11,13H2,1-3H3,(H2,19,20,21);1H. The molecule has 138 valence electrons. The van der Waals surface area contributed by atoms with Gasteiger partial charge in [-0.25, -0.2) is 4.99 Å². The molecule has 0 saturated heterocycles. The van der Waals surface area contributed by atoms with Crippen molar-refractivity contribution in [2.24, 2.45) is 4.99 Å². The molecule has 6 nitrogen and oxygen atoms in total. The Morgan fingerprint density at radius 3 is 2.60 bits per heavy atom. The quantitative estimate of drug-likeness (QED) is 0.360. The molecule has 1 aromatic carbocycles. The zero-order valence-electron chi connectivity index (χ0n) is 15.0. The van der Waals surface area contributed by atoms with Crippen molar-refractivity contribution in [2.75, 3.05) is 20.2 Å². The number of rotatable bonds is 8. The van der Waals surface area contributed by atoms with Crippen LogP contribution in [0.15, 0.2) is 46.1 Å². The number of nitrogens with zero attached hydrogens (tertiary/aromatic N) is 2. The summed E-state index contributed by atoms with van der Waals surface area (Å²) < 4.78 is 10.0. The average molecular weight is 458 g/mol. The number of hydrogen-bond donors (Lipinski definition) is 2. The number of benzene rings is 1. The summed E-state index contributed by atoms with van der Waals surface area (Å²) >= 11 is 0. The molecule has 1 unspecified atom stereocenters. The summed E-state index contributed by atoms with van der Waals surface area (Å²) in [5.74, 6) is 2.14. The third-order valence-electron chi connectivity index (χ3n) is 3.79. The molecular weight excluding hydrogens is 431 g/mol. The molecule has 0 amide bonds. The Morgan fingerprint density at radius 1 is 1.24 bits per heavy atom. The first-order valence-electron chi connectivity index (χ1n) is 8.28. The summed E-state index contributed by atoms with van der Waals surface area (Å²) in [5, 5.41) is 10.5. The van der Waals surface area contributed by atoms with Gasteiger partial charge in [0.05, 0.1) is 13.7 Å². The average Bonchev–Trinajstić information content (AvgIpc) is 3.13. The monoisotopic (exact) mass is 458 g/mol. The molecule has 25 heavy (non-hydrogen) atoms. The molecule has 0 saturated carbocycles. The minimum atomic E-state index is 0. The lowest BCUT2D eigenvalue weighted by Gasteiger charge is -2.15. The van der Waals surface area contributed by atoms with E-state index in [-0.39, 0.29) is 24.0 Å². The van der Waals surface area contributed by atoms with Crippen molar-refractivity contribution in [1.29, 1.82) is 0 Å². The van der Waals surface area contributed by atoms with E-state index in [0.717, 1.165) is 36.9 Å². The van der Waals surface area contributed by atoms with Crippen LogP contribution in [0.5, 0.6) is 5.75 Å². The molecule has 7 heteroatoms. The number of hydrogen-bond acceptors (Lipinski definition) is 4. The molecule has 1 heterocycles. The number of aromatic nitrogens is 1. The molecule has 2 N–H and O–H groups in total. The highest BCUT2D eigenvalue weighted by molar-refractivity contribution is 14.0. The fourth-order valence-corrected chi connectivity index (χ4v) is 2.33. The van der Waals surface area contributed by atoms with Crippen LogP contribution >= 0.6 is 24.0 Å². The molecule has 2 rings (SSSR count). The third-order valence-corrected chi connectivity index (χ3v) is 3.79. The Balaban J connectivity index is 0.00000312. The van der Waals surface area contributed by atoms with E-state index in [2.05, 4.69) is 39.8 Å². The lowest BCUT2D eigenvalue weighted by Crippen LogP contribution is -2.38. The number of halogens is 1. The first-order chi connectivity index (χ1) is 11.7. The predicted molar refractivity (Wildman–Crippen MR) is 111 cm³/mol. The van der Waals surface area contributed by atoms with E-state index in [1.807, 2.05) is 25.1 Å². The van der Waals surface area contributed by atoms with Crippen molar-refractivity contribution >= 4 is 29.9 Å². The van der Waals surface area contributed by atoms with Crippen molar-refractivity contribution in [3.05, 3.63) is 47.9 Å². The van der Waals surface area contributed by atoms with Gasteiger partial charge in [-0.15, -0.1) is 24.0 Å². The van der Waals surface area contributed by atoms with E-state index in [9.17, 15) is 0 Å². The van der Waals surface area contributed by atoms with Crippen LogP contribution in [-0.4, -0.2) is 31.3 Å². The Morgan fingerprint density at radius 2 is 2.00 bits per heavy atom. The maximum absolute atomic E-state index is 5.20. The maximum Gasteiger partial charge on any atom is 0.191 e. The van der Waals surface area contributed by atoms with Gasteiger partial charge >= 0.3 is 0 Å². The number of aliphatic imine (C=N–C) groups is 1. The van der Waals surface area contributed by atoms with Gasteiger partial charge in [0.15, 0.2) is 5.96 Å². The van der Waals surface area contributed by atoms with Crippen LogP contribution in [-0.2, 0) is 6.54 Å². The maximum atomic E-state index is 5.20. The molecule has 1 atom stereocenters. The van der Waals surface area contributed by atoms with Crippen LogP contribution in [0.2, 0.25) is 0 Å². The van der Waals surface area contributed by atoms with Crippen molar-refractivity contribution in [3.8, 4) is 5.75 Å². The van der Waals surface area contributed by atoms with E-state index < -0.39 is 0 Å². The Hall–Kier alpha value is -1.77. The lowest BCUT2D eigenvalue weighted by molar-refractivity contribution is 0.412. The van der Waals surface area contributed by atoms with Gasteiger partial charge in [-0.3, -0.25) is 0 Å². The molecule has 1 aromatic heterocycles.